The Balaban J connectivity index is 2.23. The highest BCUT2D eigenvalue weighted by Gasteiger charge is 2.42. The van der Waals surface area contributed by atoms with Gasteiger partial charge in [-0.1, -0.05) is 6.92 Å². The summed E-state index contributed by atoms with van der Waals surface area (Å²) >= 11 is 1.80. The lowest BCUT2D eigenvalue weighted by molar-refractivity contribution is 0.155. The van der Waals surface area contributed by atoms with E-state index in [0.29, 0.717) is 17.7 Å². The van der Waals surface area contributed by atoms with Crippen LogP contribution < -0.4 is 10.6 Å². The number of aliphatic hydroxyl groups excluding tert-OH is 1. The standard InChI is InChI=1S/C12H24N2O2S/c1-9(17-3)6-7-13-11(16)14-12(2,8-15)10-4-5-10/h9-10,15H,4-8H2,1-3H3,(H2,13,14,16)/t9-,12-/m0/s1. The van der Waals surface area contributed by atoms with Gasteiger partial charge in [-0.2, -0.15) is 11.8 Å². The maximum atomic E-state index is 11.7. The van der Waals surface area contributed by atoms with Crippen molar-refractivity contribution < 1.29 is 9.90 Å². The Kier molecular flexibility index (Phi) is 5.59. The number of aliphatic hydroxyl groups is 1. The van der Waals surface area contributed by atoms with Gasteiger partial charge in [-0.15, -0.1) is 0 Å². The molecule has 2 amide bonds. The zero-order chi connectivity index (χ0) is 12.9. The van der Waals surface area contributed by atoms with E-state index in [1.54, 1.807) is 11.8 Å². The average Bonchev–Trinajstić information content (AvgIpc) is 3.12. The van der Waals surface area contributed by atoms with E-state index in [9.17, 15) is 9.90 Å². The highest BCUT2D eigenvalue weighted by molar-refractivity contribution is 7.99. The second-order valence-electron chi connectivity index (χ2n) is 5.07. The van der Waals surface area contributed by atoms with Gasteiger partial charge in [-0.3, -0.25) is 0 Å². The van der Waals surface area contributed by atoms with Crippen molar-refractivity contribution in [2.75, 3.05) is 19.4 Å². The summed E-state index contributed by atoms with van der Waals surface area (Å²) in [5, 5.41) is 15.6. The maximum Gasteiger partial charge on any atom is 0.315 e. The quantitative estimate of drug-likeness (QED) is 0.651. The number of carbonyl (C=O) groups excluding carboxylic acids is 1. The van der Waals surface area contributed by atoms with E-state index >= 15 is 0 Å². The van der Waals surface area contributed by atoms with Gasteiger partial charge in [-0.25, -0.2) is 4.79 Å². The summed E-state index contributed by atoms with van der Waals surface area (Å²) in [6.45, 7) is 4.74. The fourth-order valence-electron chi connectivity index (χ4n) is 1.80. The zero-order valence-corrected chi connectivity index (χ0v) is 11.8. The largest absolute Gasteiger partial charge is 0.394 e. The van der Waals surface area contributed by atoms with Crippen LogP contribution in [-0.2, 0) is 0 Å². The number of hydrogen-bond donors (Lipinski definition) is 3. The molecule has 1 fully saturated rings. The first kappa shape index (κ1) is 14.6. The van der Waals surface area contributed by atoms with Gasteiger partial charge in [0.25, 0.3) is 0 Å². The van der Waals surface area contributed by atoms with Crippen LogP contribution in [0.2, 0.25) is 0 Å². The number of thioether (sulfide) groups is 1. The molecule has 0 aromatic carbocycles. The zero-order valence-electron chi connectivity index (χ0n) is 11.0. The topological polar surface area (TPSA) is 61.4 Å². The lowest BCUT2D eigenvalue weighted by Crippen LogP contribution is -2.54. The van der Waals surface area contributed by atoms with Crippen molar-refractivity contribution in [3.05, 3.63) is 0 Å². The summed E-state index contributed by atoms with van der Waals surface area (Å²) in [4.78, 5) is 11.7. The molecule has 1 rings (SSSR count). The Bertz CT molecular complexity index is 259. The first-order chi connectivity index (χ1) is 8.01. The van der Waals surface area contributed by atoms with Gasteiger partial charge in [0, 0.05) is 11.8 Å². The van der Waals surface area contributed by atoms with Crippen LogP contribution in [0.15, 0.2) is 0 Å². The SMILES string of the molecule is CS[C@@H](C)CCNC(=O)N[C@@](C)(CO)C1CC1. The molecule has 0 radical (unpaired) electrons. The molecular formula is C12H24N2O2S. The Morgan fingerprint density at radius 2 is 2.24 bits per heavy atom. The van der Waals surface area contributed by atoms with Crippen LogP contribution in [0.25, 0.3) is 0 Å². The van der Waals surface area contributed by atoms with E-state index in [-0.39, 0.29) is 12.6 Å². The van der Waals surface area contributed by atoms with E-state index in [0.717, 1.165) is 19.3 Å². The number of carbonyl (C=O) groups is 1. The van der Waals surface area contributed by atoms with Crippen molar-refractivity contribution in [2.45, 2.75) is 43.9 Å². The third kappa shape index (κ3) is 4.76. The van der Waals surface area contributed by atoms with E-state index in [1.807, 2.05) is 6.92 Å². The van der Waals surface area contributed by atoms with Gasteiger partial charge in [0.05, 0.1) is 12.1 Å². The number of hydrogen-bond acceptors (Lipinski definition) is 3. The van der Waals surface area contributed by atoms with Crippen LogP contribution in [0.1, 0.15) is 33.1 Å². The van der Waals surface area contributed by atoms with E-state index in [2.05, 4.69) is 23.8 Å². The molecule has 1 saturated carbocycles. The smallest absolute Gasteiger partial charge is 0.315 e. The second kappa shape index (κ2) is 6.50. The third-order valence-electron chi connectivity index (χ3n) is 3.44. The van der Waals surface area contributed by atoms with Crippen molar-refractivity contribution in [2.24, 2.45) is 5.92 Å². The van der Waals surface area contributed by atoms with Gasteiger partial charge in [0.15, 0.2) is 0 Å². The van der Waals surface area contributed by atoms with E-state index < -0.39 is 5.54 Å². The Morgan fingerprint density at radius 1 is 1.59 bits per heavy atom. The van der Waals surface area contributed by atoms with Gasteiger partial charge in [0.2, 0.25) is 0 Å². The molecule has 0 heterocycles. The maximum absolute atomic E-state index is 11.7. The molecule has 100 valence electrons. The molecular weight excluding hydrogens is 236 g/mol. The van der Waals surface area contributed by atoms with Gasteiger partial charge < -0.3 is 15.7 Å². The normalized spacial score (nSPS) is 20.5. The van der Waals surface area contributed by atoms with Gasteiger partial charge in [0.1, 0.15) is 0 Å². The monoisotopic (exact) mass is 260 g/mol. The van der Waals surface area contributed by atoms with Crippen LogP contribution in [0, 0.1) is 5.92 Å². The fraction of sp³-hybridized carbons (Fsp3) is 0.917. The molecule has 0 unspecified atom stereocenters. The molecule has 4 nitrogen and oxygen atoms in total. The summed E-state index contributed by atoms with van der Waals surface area (Å²) in [5.74, 6) is 0.434. The predicted octanol–water partition coefficient (Wildman–Crippen LogP) is 1.59. The Morgan fingerprint density at radius 3 is 2.71 bits per heavy atom. The molecule has 1 aliphatic rings. The van der Waals surface area contributed by atoms with Crippen LogP contribution in [0.3, 0.4) is 0 Å². The highest BCUT2D eigenvalue weighted by Crippen LogP contribution is 2.39. The van der Waals surface area contributed by atoms with E-state index in [4.69, 9.17) is 0 Å². The summed E-state index contributed by atoms with van der Waals surface area (Å²) in [6, 6.07) is -0.165. The van der Waals surface area contributed by atoms with Crippen molar-refractivity contribution in [3.8, 4) is 0 Å². The lowest BCUT2D eigenvalue weighted by Gasteiger charge is -2.28. The van der Waals surface area contributed by atoms with Crippen LogP contribution in [0.4, 0.5) is 4.79 Å². The molecule has 0 aromatic rings. The number of nitrogens with one attached hydrogen (secondary N) is 2. The Hall–Kier alpha value is -0.420. The van der Waals surface area contributed by atoms with Crippen LogP contribution >= 0.6 is 11.8 Å². The second-order valence-corrected chi connectivity index (χ2v) is 6.34. The minimum atomic E-state index is -0.449. The number of urea groups is 1. The molecule has 1 aliphatic carbocycles. The molecule has 5 heteroatoms. The minimum absolute atomic E-state index is 0.00625. The first-order valence-electron chi connectivity index (χ1n) is 6.21. The van der Waals surface area contributed by atoms with Gasteiger partial charge in [-0.05, 0) is 38.4 Å². The Labute approximate surface area is 108 Å². The van der Waals surface area contributed by atoms with Crippen LogP contribution in [-0.4, -0.2) is 41.3 Å². The minimum Gasteiger partial charge on any atom is -0.394 e. The predicted molar refractivity (Wildman–Crippen MR) is 72.3 cm³/mol. The fourth-order valence-corrected chi connectivity index (χ4v) is 2.16. The highest BCUT2D eigenvalue weighted by atomic mass is 32.2. The van der Waals surface area contributed by atoms with E-state index in [1.165, 1.54) is 0 Å². The molecule has 0 spiro atoms. The molecule has 3 N–H and O–H groups in total. The molecule has 0 aliphatic heterocycles. The van der Waals surface area contributed by atoms with Crippen molar-refractivity contribution >= 4 is 17.8 Å². The molecule has 0 bridgehead atoms. The summed E-state index contributed by atoms with van der Waals surface area (Å²) in [6.07, 6.45) is 5.23. The van der Waals surface area contributed by atoms with Gasteiger partial charge >= 0.3 is 6.03 Å². The third-order valence-corrected chi connectivity index (χ3v) is 4.49. The average molecular weight is 260 g/mol. The van der Waals surface area contributed by atoms with Crippen molar-refractivity contribution in [1.82, 2.24) is 10.6 Å². The van der Waals surface area contributed by atoms with Crippen molar-refractivity contribution in [1.29, 1.82) is 0 Å². The molecule has 2 atom stereocenters. The number of amides is 2. The molecule has 17 heavy (non-hydrogen) atoms. The first-order valence-corrected chi connectivity index (χ1v) is 7.50. The summed E-state index contributed by atoms with van der Waals surface area (Å²) in [5.41, 5.74) is -0.449. The molecule has 0 saturated heterocycles. The molecule has 0 aromatic heterocycles. The van der Waals surface area contributed by atoms with Crippen LogP contribution in [0.5, 0.6) is 0 Å². The lowest BCUT2D eigenvalue weighted by atomic mass is 9.97. The number of rotatable bonds is 7. The summed E-state index contributed by atoms with van der Waals surface area (Å²) in [7, 11) is 0. The summed E-state index contributed by atoms with van der Waals surface area (Å²) < 4.78 is 0. The van der Waals surface area contributed by atoms with Crippen molar-refractivity contribution in [3.63, 3.8) is 0 Å².